The van der Waals surface area contributed by atoms with Crippen molar-refractivity contribution in [2.24, 2.45) is 5.10 Å². The highest BCUT2D eigenvalue weighted by Gasteiger charge is 2.17. The maximum atomic E-state index is 12.4. The summed E-state index contributed by atoms with van der Waals surface area (Å²) in [5.74, 6) is 1.16. The fourth-order valence-corrected chi connectivity index (χ4v) is 4.35. The lowest BCUT2D eigenvalue weighted by Gasteiger charge is -2.11. The summed E-state index contributed by atoms with van der Waals surface area (Å²) in [5, 5.41) is 14.7. The second kappa shape index (κ2) is 12.3. The summed E-state index contributed by atoms with van der Waals surface area (Å²) in [6, 6.07) is 20.0. The predicted molar refractivity (Wildman–Crippen MR) is 146 cm³/mol. The number of benzene rings is 3. The SMILES string of the molecule is CCOc1ccc(-n2c(SCC(=O)N/N=C\c3ccc(Cl)c(Cl)c3)nnc2-c2ccc(Cl)cc2)cc1. The van der Waals surface area contributed by atoms with Gasteiger partial charge < -0.3 is 4.74 Å². The molecule has 36 heavy (non-hydrogen) atoms. The van der Waals surface area contributed by atoms with Crippen LogP contribution in [0.15, 0.2) is 77.0 Å². The maximum absolute atomic E-state index is 12.4. The largest absolute Gasteiger partial charge is 0.494 e. The fraction of sp³-hybridized carbons (Fsp3) is 0.120. The number of ether oxygens (including phenoxy) is 1. The highest BCUT2D eigenvalue weighted by molar-refractivity contribution is 7.99. The molecule has 1 heterocycles. The van der Waals surface area contributed by atoms with E-state index in [-0.39, 0.29) is 11.7 Å². The smallest absolute Gasteiger partial charge is 0.250 e. The molecule has 184 valence electrons. The normalized spacial score (nSPS) is 11.1. The molecule has 1 aromatic heterocycles. The lowest BCUT2D eigenvalue weighted by molar-refractivity contribution is -0.118. The number of carbonyl (C=O) groups excluding carboxylic acids is 1. The number of hydrogen-bond donors (Lipinski definition) is 1. The molecular formula is C25H20Cl3N5O2S. The van der Waals surface area contributed by atoms with Crippen LogP contribution in [0.25, 0.3) is 17.1 Å². The molecule has 3 aromatic carbocycles. The van der Waals surface area contributed by atoms with Crippen LogP contribution < -0.4 is 10.2 Å². The molecule has 0 fully saturated rings. The van der Waals surface area contributed by atoms with Crippen LogP contribution in [-0.4, -0.2) is 39.2 Å². The van der Waals surface area contributed by atoms with Gasteiger partial charge in [-0.15, -0.1) is 10.2 Å². The van der Waals surface area contributed by atoms with Crippen LogP contribution in [0, 0.1) is 0 Å². The highest BCUT2D eigenvalue weighted by atomic mass is 35.5. The number of halogens is 3. The molecule has 0 atom stereocenters. The van der Waals surface area contributed by atoms with Crippen molar-refractivity contribution in [1.82, 2.24) is 20.2 Å². The molecule has 0 unspecified atom stereocenters. The van der Waals surface area contributed by atoms with E-state index >= 15 is 0 Å². The molecule has 0 bridgehead atoms. The number of thioether (sulfide) groups is 1. The Balaban J connectivity index is 1.51. The zero-order chi connectivity index (χ0) is 25.5. The molecule has 0 radical (unpaired) electrons. The zero-order valence-electron chi connectivity index (χ0n) is 19.0. The summed E-state index contributed by atoms with van der Waals surface area (Å²) in [7, 11) is 0. The molecule has 0 aliphatic rings. The van der Waals surface area contributed by atoms with Gasteiger partial charge in [-0.2, -0.15) is 5.10 Å². The van der Waals surface area contributed by atoms with E-state index in [0.717, 1.165) is 17.0 Å². The summed E-state index contributed by atoms with van der Waals surface area (Å²) >= 11 is 19.2. The molecule has 11 heteroatoms. The lowest BCUT2D eigenvalue weighted by atomic mass is 10.2. The van der Waals surface area contributed by atoms with Gasteiger partial charge in [0.2, 0.25) is 0 Å². The van der Waals surface area contributed by atoms with E-state index in [1.54, 1.807) is 30.3 Å². The van der Waals surface area contributed by atoms with Gasteiger partial charge in [-0.05, 0) is 73.2 Å². The van der Waals surface area contributed by atoms with Crippen LogP contribution in [0.4, 0.5) is 0 Å². The van der Waals surface area contributed by atoms with Crippen molar-refractivity contribution in [1.29, 1.82) is 0 Å². The molecule has 4 rings (SSSR count). The third-order valence-corrected chi connectivity index (χ3v) is 6.74. The topological polar surface area (TPSA) is 81.4 Å². The van der Waals surface area contributed by atoms with Crippen molar-refractivity contribution in [3.05, 3.63) is 87.4 Å². The second-order valence-electron chi connectivity index (χ2n) is 7.33. The Labute approximate surface area is 227 Å². The molecule has 1 N–H and O–H groups in total. The summed E-state index contributed by atoms with van der Waals surface area (Å²) in [6.45, 7) is 2.51. The number of nitrogens with one attached hydrogen (secondary N) is 1. The fourth-order valence-electron chi connectivity index (χ4n) is 3.17. The van der Waals surface area contributed by atoms with Crippen LogP contribution >= 0.6 is 46.6 Å². The first kappa shape index (κ1) is 26.0. The quantitative estimate of drug-likeness (QED) is 0.143. The van der Waals surface area contributed by atoms with Crippen molar-refractivity contribution in [2.75, 3.05) is 12.4 Å². The third-order valence-electron chi connectivity index (χ3n) is 4.82. The standard InChI is InChI=1S/C25H20Cl3N5O2S/c1-2-35-20-10-8-19(9-11-20)33-24(17-4-6-18(26)7-5-17)31-32-25(33)36-15-23(34)30-29-14-16-3-12-21(27)22(28)13-16/h3-14H,2,15H2,1H3,(H,30,34)/b29-14-. The average molecular weight is 561 g/mol. The number of carbonyl (C=O) groups is 1. The van der Waals surface area contributed by atoms with Gasteiger partial charge in [0.05, 0.1) is 28.6 Å². The predicted octanol–water partition coefficient (Wildman–Crippen LogP) is 6.54. The minimum absolute atomic E-state index is 0.0779. The molecule has 0 spiro atoms. The Hall–Kier alpha value is -3.04. The van der Waals surface area contributed by atoms with E-state index in [0.29, 0.717) is 38.2 Å². The van der Waals surface area contributed by atoms with Crippen molar-refractivity contribution in [2.45, 2.75) is 12.1 Å². The van der Waals surface area contributed by atoms with Crippen molar-refractivity contribution < 1.29 is 9.53 Å². The first-order valence-electron chi connectivity index (χ1n) is 10.8. The Bertz CT molecular complexity index is 1380. The molecule has 0 saturated heterocycles. The van der Waals surface area contributed by atoms with E-state index in [4.69, 9.17) is 39.5 Å². The van der Waals surface area contributed by atoms with Gasteiger partial charge in [0.25, 0.3) is 5.91 Å². The minimum atomic E-state index is -0.300. The summed E-state index contributed by atoms with van der Waals surface area (Å²) in [4.78, 5) is 12.4. The van der Waals surface area contributed by atoms with Crippen LogP contribution in [0.3, 0.4) is 0 Å². The minimum Gasteiger partial charge on any atom is -0.494 e. The Morgan fingerprint density at radius 2 is 1.78 bits per heavy atom. The lowest BCUT2D eigenvalue weighted by Crippen LogP contribution is -2.20. The molecule has 1 amide bonds. The van der Waals surface area contributed by atoms with E-state index in [1.807, 2.05) is 47.9 Å². The first-order chi connectivity index (χ1) is 17.4. The van der Waals surface area contributed by atoms with E-state index < -0.39 is 0 Å². The van der Waals surface area contributed by atoms with E-state index in [1.165, 1.54) is 18.0 Å². The summed E-state index contributed by atoms with van der Waals surface area (Å²) in [6.07, 6.45) is 1.49. The van der Waals surface area contributed by atoms with Crippen molar-refractivity contribution in [3.63, 3.8) is 0 Å². The van der Waals surface area contributed by atoms with Gasteiger partial charge in [0.1, 0.15) is 5.75 Å². The number of aromatic nitrogens is 3. The molecule has 4 aromatic rings. The number of amides is 1. The molecule has 0 saturated carbocycles. The molecular weight excluding hydrogens is 541 g/mol. The van der Waals surface area contributed by atoms with Gasteiger partial charge in [-0.25, -0.2) is 5.43 Å². The van der Waals surface area contributed by atoms with Crippen molar-refractivity contribution in [3.8, 4) is 22.8 Å². The molecule has 0 aliphatic heterocycles. The highest BCUT2D eigenvalue weighted by Crippen LogP contribution is 2.29. The Morgan fingerprint density at radius 3 is 2.47 bits per heavy atom. The molecule has 7 nitrogen and oxygen atoms in total. The Kier molecular flexibility index (Phi) is 8.88. The summed E-state index contributed by atoms with van der Waals surface area (Å²) < 4.78 is 7.44. The number of hydrogen-bond acceptors (Lipinski definition) is 6. The summed E-state index contributed by atoms with van der Waals surface area (Å²) in [5.41, 5.74) is 4.88. The van der Waals surface area contributed by atoms with Crippen LogP contribution in [0.1, 0.15) is 12.5 Å². The van der Waals surface area contributed by atoms with Gasteiger partial charge in [-0.1, -0.05) is 52.6 Å². The van der Waals surface area contributed by atoms with Crippen LogP contribution in [0.5, 0.6) is 5.75 Å². The maximum Gasteiger partial charge on any atom is 0.250 e. The van der Waals surface area contributed by atoms with Crippen LogP contribution in [-0.2, 0) is 4.79 Å². The third kappa shape index (κ3) is 6.59. The number of rotatable bonds is 9. The van der Waals surface area contributed by atoms with Crippen LogP contribution in [0.2, 0.25) is 15.1 Å². The monoisotopic (exact) mass is 559 g/mol. The second-order valence-corrected chi connectivity index (χ2v) is 9.52. The van der Waals surface area contributed by atoms with Gasteiger partial charge in [0, 0.05) is 16.3 Å². The van der Waals surface area contributed by atoms with E-state index in [2.05, 4.69) is 20.7 Å². The van der Waals surface area contributed by atoms with E-state index in [9.17, 15) is 4.79 Å². The zero-order valence-corrected chi connectivity index (χ0v) is 22.1. The average Bonchev–Trinajstić information content (AvgIpc) is 3.30. The van der Waals surface area contributed by atoms with Crippen molar-refractivity contribution >= 4 is 58.7 Å². The molecule has 0 aliphatic carbocycles. The van der Waals surface area contributed by atoms with Gasteiger partial charge in [0.15, 0.2) is 11.0 Å². The Morgan fingerprint density at radius 1 is 1.03 bits per heavy atom. The first-order valence-corrected chi connectivity index (χ1v) is 12.9. The van der Waals surface area contributed by atoms with Gasteiger partial charge in [-0.3, -0.25) is 9.36 Å². The number of hydrazone groups is 1. The number of nitrogens with zero attached hydrogens (tertiary/aromatic N) is 4. The van der Waals surface area contributed by atoms with Gasteiger partial charge >= 0.3 is 0 Å².